The molecule has 1 aromatic rings. The number of halogens is 1. The first-order valence-corrected chi connectivity index (χ1v) is 6.01. The molecule has 0 heterocycles. The van der Waals surface area contributed by atoms with Crippen molar-refractivity contribution in [3.63, 3.8) is 0 Å². The topological polar surface area (TPSA) is 23.5 Å². The maximum Gasteiger partial charge on any atom is 0.115 e. The Morgan fingerprint density at radius 2 is 2.13 bits per heavy atom. The van der Waals surface area contributed by atoms with Crippen LogP contribution in [-0.4, -0.2) is 23.1 Å². The first kappa shape index (κ1) is 12.5. The van der Waals surface area contributed by atoms with Gasteiger partial charge in [0.2, 0.25) is 0 Å². The van der Waals surface area contributed by atoms with Crippen LogP contribution >= 0.6 is 15.9 Å². The molecule has 3 heteroatoms. The molecule has 0 fully saturated rings. The summed E-state index contributed by atoms with van der Waals surface area (Å²) in [5, 5.41) is 9.41. The molecular weight excluding hydrogens is 254 g/mol. The number of nitrogens with zero attached hydrogens (tertiary/aromatic N) is 1. The molecule has 84 valence electrons. The number of aromatic hydroxyl groups is 1. The van der Waals surface area contributed by atoms with Crippen LogP contribution in [-0.2, 0) is 6.54 Å². The standard InChI is InChI=1S/C12H18BrNO/c1-4-9(2)14(3)8-10-7-11(15)5-6-12(10)13/h5-7,9,15H,4,8H2,1-3H3. The summed E-state index contributed by atoms with van der Waals surface area (Å²) < 4.78 is 1.05. The molecule has 0 aliphatic heterocycles. The van der Waals surface area contributed by atoms with Crippen molar-refractivity contribution in [1.82, 2.24) is 4.90 Å². The normalized spacial score (nSPS) is 13.1. The summed E-state index contributed by atoms with van der Waals surface area (Å²) in [6.07, 6.45) is 1.13. The maximum atomic E-state index is 9.41. The second-order valence-corrected chi connectivity index (χ2v) is 4.80. The van der Waals surface area contributed by atoms with Gasteiger partial charge < -0.3 is 5.11 Å². The molecule has 1 aromatic carbocycles. The summed E-state index contributed by atoms with van der Waals surface area (Å²) in [4.78, 5) is 2.28. The van der Waals surface area contributed by atoms with Crippen molar-refractivity contribution in [2.45, 2.75) is 32.9 Å². The van der Waals surface area contributed by atoms with Gasteiger partial charge in [-0.1, -0.05) is 22.9 Å². The molecule has 0 saturated carbocycles. The Hall–Kier alpha value is -0.540. The summed E-state index contributed by atoms with van der Waals surface area (Å²) in [7, 11) is 2.10. The quantitative estimate of drug-likeness (QED) is 0.908. The van der Waals surface area contributed by atoms with Crippen molar-refractivity contribution in [2.75, 3.05) is 7.05 Å². The molecule has 0 aromatic heterocycles. The molecule has 0 saturated heterocycles. The van der Waals surface area contributed by atoms with E-state index in [1.54, 1.807) is 6.07 Å². The lowest BCUT2D eigenvalue weighted by molar-refractivity contribution is 0.243. The van der Waals surface area contributed by atoms with Crippen molar-refractivity contribution < 1.29 is 5.11 Å². The number of hydrogen-bond acceptors (Lipinski definition) is 2. The first-order valence-electron chi connectivity index (χ1n) is 5.22. The molecule has 2 nitrogen and oxygen atoms in total. The van der Waals surface area contributed by atoms with Crippen LogP contribution in [0.3, 0.4) is 0 Å². The van der Waals surface area contributed by atoms with Gasteiger partial charge in [0.25, 0.3) is 0 Å². The Bertz CT molecular complexity index is 327. The van der Waals surface area contributed by atoms with Gasteiger partial charge >= 0.3 is 0 Å². The van der Waals surface area contributed by atoms with E-state index in [1.807, 2.05) is 12.1 Å². The zero-order chi connectivity index (χ0) is 11.4. The minimum atomic E-state index is 0.325. The lowest BCUT2D eigenvalue weighted by Crippen LogP contribution is -2.27. The fourth-order valence-corrected chi connectivity index (χ4v) is 1.79. The first-order chi connectivity index (χ1) is 7.04. The number of rotatable bonds is 4. The highest BCUT2D eigenvalue weighted by molar-refractivity contribution is 9.10. The van der Waals surface area contributed by atoms with E-state index in [9.17, 15) is 5.11 Å². The van der Waals surface area contributed by atoms with Crippen molar-refractivity contribution in [3.8, 4) is 5.75 Å². The molecule has 0 aliphatic carbocycles. The second kappa shape index (κ2) is 5.52. The summed E-state index contributed by atoms with van der Waals surface area (Å²) in [5.41, 5.74) is 1.12. The number of phenolic OH excluding ortho intramolecular Hbond substituents is 1. The van der Waals surface area contributed by atoms with Gasteiger partial charge in [0.15, 0.2) is 0 Å². The Balaban J connectivity index is 2.75. The Morgan fingerprint density at radius 3 is 2.73 bits per heavy atom. The van der Waals surface area contributed by atoms with Gasteiger partial charge in [-0.15, -0.1) is 0 Å². The summed E-state index contributed by atoms with van der Waals surface area (Å²) >= 11 is 3.49. The molecule has 1 rings (SSSR count). The SMILES string of the molecule is CCC(C)N(C)Cc1cc(O)ccc1Br. The highest BCUT2D eigenvalue weighted by Crippen LogP contribution is 2.23. The van der Waals surface area contributed by atoms with Crippen LogP contribution in [0, 0.1) is 0 Å². The van der Waals surface area contributed by atoms with Gasteiger partial charge in [-0.05, 0) is 44.2 Å². The third kappa shape index (κ3) is 3.50. The largest absolute Gasteiger partial charge is 0.508 e. The predicted octanol–water partition coefficient (Wildman–Crippen LogP) is 3.39. The van der Waals surface area contributed by atoms with Crippen LogP contribution in [0.2, 0.25) is 0 Å². The molecule has 1 N–H and O–H groups in total. The van der Waals surface area contributed by atoms with Crippen LogP contribution < -0.4 is 0 Å². The van der Waals surface area contributed by atoms with Gasteiger partial charge in [-0.3, -0.25) is 4.90 Å². The van der Waals surface area contributed by atoms with Crippen molar-refractivity contribution >= 4 is 15.9 Å². The van der Waals surface area contributed by atoms with E-state index < -0.39 is 0 Å². The van der Waals surface area contributed by atoms with Gasteiger partial charge in [0.05, 0.1) is 0 Å². The second-order valence-electron chi connectivity index (χ2n) is 3.95. The zero-order valence-corrected chi connectivity index (χ0v) is 11.1. The molecule has 0 spiro atoms. The highest BCUT2D eigenvalue weighted by Gasteiger charge is 2.09. The number of hydrogen-bond donors (Lipinski definition) is 1. The van der Waals surface area contributed by atoms with Crippen LogP contribution in [0.5, 0.6) is 5.75 Å². The maximum absolute atomic E-state index is 9.41. The minimum absolute atomic E-state index is 0.325. The van der Waals surface area contributed by atoms with E-state index in [2.05, 4.69) is 41.7 Å². The third-order valence-corrected chi connectivity index (χ3v) is 3.57. The molecule has 0 bridgehead atoms. The van der Waals surface area contributed by atoms with Crippen LogP contribution in [0.4, 0.5) is 0 Å². The van der Waals surface area contributed by atoms with E-state index in [0.29, 0.717) is 11.8 Å². The molecule has 0 amide bonds. The van der Waals surface area contributed by atoms with Crippen molar-refractivity contribution in [2.24, 2.45) is 0 Å². The molecular formula is C12H18BrNO. The van der Waals surface area contributed by atoms with E-state index in [0.717, 1.165) is 23.0 Å². The van der Waals surface area contributed by atoms with Crippen LogP contribution in [0.25, 0.3) is 0 Å². The molecule has 1 atom stereocenters. The average molecular weight is 272 g/mol. The average Bonchev–Trinajstić information content (AvgIpc) is 2.22. The van der Waals surface area contributed by atoms with Gasteiger partial charge in [0, 0.05) is 17.1 Å². The highest BCUT2D eigenvalue weighted by atomic mass is 79.9. The smallest absolute Gasteiger partial charge is 0.115 e. The fraction of sp³-hybridized carbons (Fsp3) is 0.500. The van der Waals surface area contributed by atoms with E-state index >= 15 is 0 Å². The minimum Gasteiger partial charge on any atom is -0.508 e. The number of benzene rings is 1. The Morgan fingerprint density at radius 1 is 1.47 bits per heavy atom. The van der Waals surface area contributed by atoms with E-state index in [1.165, 1.54) is 0 Å². The number of phenols is 1. The molecule has 0 aliphatic rings. The summed E-state index contributed by atoms with van der Waals surface area (Å²) in [5.74, 6) is 0.325. The van der Waals surface area contributed by atoms with Crippen LogP contribution in [0.15, 0.2) is 22.7 Å². The van der Waals surface area contributed by atoms with Crippen molar-refractivity contribution in [1.29, 1.82) is 0 Å². The van der Waals surface area contributed by atoms with E-state index in [4.69, 9.17) is 0 Å². The van der Waals surface area contributed by atoms with Crippen LogP contribution in [0.1, 0.15) is 25.8 Å². The molecule has 0 radical (unpaired) electrons. The lowest BCUT2D eigenvalue weighted by atomic mass is 10.1. The monoisotopic (exact) mass is 271 g/mol. The Labute approximate surface area is 100 Å². The van der Waals surface area contributed by atoms with Gasteiger partial charge in [-0.2, -0.15) is 0 Å². The molecule has 1 unspecified atom stereocenters. The molecule has 15 heavy (non-hydrogen) atoms. The van der Waals surface area contributed by atoms with Gasteiger partial charge in [-0.25, -0.2) is 0 Å². The fourth-order valence-electron chi connectivity index (χ4n) is 1.42. The van der Waals surface area contributed by atoms with Crippen molar-refractivity contribution in [3.05, 3.63) is 28.2 Å². The predicted molar refractivity (Wildman–Crippen MR) is 67.0 cm³/mol. The summed E-state index contributed by atoms with van der Waals surface area (Å²) in [6.45, 7) is 5.24. The van der Waals surface area contributed by atoms with E-state index in [-0.39, 0.29) is 0 Å². The van der Waals surface area contributed by atoms with Gasteiger partial charge in [0.1, 0.15) is 5.75 Å². The lowest BCUT2D eigenvalue weighted by Gasteiger charge is -2.24. The zero-order valence-electron chi connectivity index (χ0n) is 9.50. The third-order valence-electron chi connectivity index (χ3n) is 2.79. The Kier molecular flexibility index (Phi) is 4.61. The summed E-state index contributed by atoms with van der Waals surface area (Å²) in [6, 6.07) is 5.94.